The molecule has 0 saturated carbocycles. The molecule has 1 aromatic heterocycles. The molecule has 2 fully saturated rings. The van der Waals surface area contributed by atoms with Gasteiger partial charge in [-0.3, -0.25) is 4.79 Å². The molecule has 1 spiro atoms. The minimum atomic E-state index is -3.10. The van der Waals surface area contributed by atoms with Gasteiger partial charge < -0.3 is 9.88 Å². The van der Waals surface area contributed by atoms with Crippen molar-refractivity contribution in [2.45, 2.75) is 19.3 Å². The Labute approximate surface area is 125 Å². The van der Waals surface area contributed by atoms with Crippen LogP contribution >= 0.6 is 0 Å². The van der Waals surface area contributed by atoms with Gasteiger partial charge in [0.2, 0.25) is 15.9 Å². The van der Waals surface area contributed by atoms with E-state index in [4.69, 9.17) is 0 Å². The molecule has 7 heteroatoms. The molecule has 0 unspecified atom stereocenters. The van der Waals surface area contributed by atoms with E-state index in [-0.39, 0.29) is 11.3 Å². The van der Waals surface area contributed by atoms with Gasteiger partial charge in [0, 0.05) is 49.9 Å². The van der Waals surface area contributed by atoms with E-state index in [0.717, 1.165) is 18.5 Å². The van der Waals surface area contributed by atoms with E-state index < -0.39 is 10.0 Å². The molecule has 0 radical (unpaired) electrons. The van der Waals surface area contributed by atoms with Crippen LogP contribution in [-0.2, 0) is 21.2 Å². The zero-order valence-electron chi connectivity index (χ0n) is 12.2. The number of likely N-dealkylation sites (tertiary alicyclic amines) is 1. The highest BCUT2D eigenvalue weighted by Gasteiger charge is 2.50. The number of hydrogen-bond acceptors (Lipinski definition) is 3. The number of carbonyl (C=O) groups excluding carboxylic acids is 1. The fourth-order valence-electron chi connectivity index (χ4n) is 3.30. The molecule has 0 atom stereocenters. The molecule has 21 heavy (non-hydrogen) atoms. The number of carbonyl (C=O) groups is 1. The summed E-state index contributed by atoms with van der Waals surface area (Å²) in [6.45, 7) is 2.54. The van der Waals surface area contributed by atoms with E-state index in [1.165, 1.54) is 10.6 Å². The van der Waals surface area contributed by atoms with Gasteiger partial charge in [-0.15, -0.1) is 0 Å². The molecule has 3 heterocycles. The number of amides is 1. The quantitative estimate of drug-likeness (QED) is 0.877. The van der Waals surface area contributed by atoms with Crippen LogP contribution in [0.25, 0.3) is 0 Å². The third-order valence-corrected chi connectivity index (χ3v) is 5.80. The Bertz CT molecular complexity index is 618. The normalized spacial score (nSPS) is 21.7. The van der Waals surface area contributed by atoms with Gasteiger partial charge in [0.15, 0.2) is 0 Å². The Morgan fingerprint density at radius 2 is 2.14 bits per heavy atom. The first-order chi connectivity index (χ1) is 9.88. The molecule has 0 bridgehead atoms. The lowest BCUT2D eigenvalue weighted by molar-refractivity contribution is -0.142. The fraction of sp³-hybridized carbons (Fsp3) is 0.643. The van der Waals surface area contributed by atoms with Crippen LogP contribution in [0.2, 0.25) is 0 Å². The summed E-state index contributed by atoms with van der Waals surface area (Å²) in [5.41, 5.74) is 1.08. The number of H-pyrrole nitrogens is 1. The molecule has 0 aliphatic carbocycles. The van der Waals surface area contributed by atoms with Crippen molar-refractivity contribution in [2.24, 2.45) is 5.41 Å². The number of hydrogen-bond donors (Lipinski definition) is 1. The first-order valence-electron chi connectivity index (χ1n) is 7.23. The summed E-state index contributed by atoms with van der Waals surface area (Å²) in [4.78, 5) is 17.1. The Morgan fingerprint density at radius 1 is 1.38 bits per heavy atom. The summed E-state index contributed by atoms with van der Waals surface area (Å²) in [5, 5.41) is 0. The van der Waals surface area contributed by atoms with Crippen LogP contribution in [0.15, 0.2) is 18.3 Å². The molecule has 1 amide bonds. The van der Waals surface area contributed by atoms with Crippen molar-refractivity contribution in [3.63, 3.8) is 0 Å². The van der Waals surface area contributed by atoms with Crippen LogP contribution in [0.5, 0.6) is 0 Å². The maximum absolute atomic E-state index is 12.1. The van der Waals surface area contributed by atoms with Crippen LogP contribution in [0, 0.1) is 5.41 Å². The fourth-order valence-corrected chi connectivity index (χ4v) is 4.23. The van der Waals surface area contributed by atoms with E-state index in [0.29, 0.717) is 32.6 Å². The van der Waals surface area contributed by atoms with E-state index in [2.05, 4.69) is 4.98 Å². The van der Waals surface area contributed by atoms with Crippen molar-refractivity contribution in [1.82, 2.24) is 14.2 Å². The van der Waals surface area contributed by atoms with Crippen LogP contribution in [-0.4, -0.2) is 60.9 Å². The van der Waals surface area contributed by atoms with Gasteiger partial charge in [-0.1, -0.05) is 0 Å². The summed E-state index contributed by atoms with van der Waals surface area (Å²) in [5.74, 6) is 0.160. The van der Waals surface area contributed by atoms with Gasteiger partial charge in [0.25, 0.3) is 0 Å². The second-order valence-corrected chi connectivity index (χ2v) is 8.27. The van der Waals surface area contributed by atoms with E-state index in [1.54, 1.807) is 0 Å². The molecular weight excluding hydrogens is 290 g/mol. The molecule has 1 N–H and O–H groups in total. The second-order valence-electron chi connectivity index (χ2n) is 6.29. The van der Waals surface area contributed by atoms with Crippen LogP contribution < -0.4 is 0 Å². The molecular formula is C14H21N3O3S. The molecule has 1 aromatic rings. The number of aryl methyl sites for hydroxylation is 1. The van der Waals surface area contributed by atoms with Gasteiger partial charge in [-0.25, -0.2) is 12.7 Å². The van der Waals surface area contributed by atoms with Gasteiger partial charge in [0.1, 0.15) is 0 Å². The highest BCUT2D eigenvalue weighted by molar-refractivity contribution is 7.88. The molecule has 2 aliphatic heterocycles. The number of nitrogens with one attached hydrogen (secondary N) is 1. The van der Waals surface area contributed by atoms with E-state index >= 15 is 0 Å². The van der Waals surface area contributed by atoms with Crippen molar-refractivity contribution >= 4 is 15.9 Å². The van der Waals surface area contributed by atoms with Crippen molar-refractivity contribution in [1.29, 1.82) is 0 Å². The lowest BCUT2D eigenvalue weighted by Gasteiger charge is -2.48. The molecule has 2 aliphatic rings. The highest BCUT2D eigenvalue weighted by Crippen LogP contribution is 2.40. The van der Waals surface area contributed by atoms with Gasteiger partial charge >= 0.3 is 0 Å². The van der Waals surface area contributed by atoms with Gasteiger partial charge in [-0.2, -0.15) is 0 Å². The first kappa shape index (κ1) is 14.6. The predicted octanol–water partition coefficient (Wildman–Crippen LogP) is 0.441. The molecule has 116 valence electrons. The zero-order chi connectivity index (χ0) is 15.1. The Morgan fingerprint density at radius 3 is 2.71 bits per heavy atom. The average molecular weight is 311 g/mol. The maximum Gasteiger partial charge on any atom is 0.222 e. The first-order valence-corrected chi connectivity index (χ1v) is 9.08. The number of aromatic amines is 1. The van der Waals surface area contributed by atoms with Crippen molar-refractivity contribution < 1.29 is 13.2 Å². The maximum atomic E-state index is 12.1. The lowest BCUT2D eigenvalue weighted by Crippen LogP contribution is -2.59. The summed E-state index contributed by atoms with van der Waals surface area (Å²) in [6, 6.07) is 3.91. The smallest absolute Gasteiger partial charge is 0.222 e. The number of aromatic nitrogens is 1. The monoisotopic (exact) mass is 311 g/mol. The standard InChI is InChI=1S/C14H21N3O3S/c1-21(19,20)17-8-6-14(11-17)9-16(10-14)13(18)5-4-12-3-2-7-15-12/h2-3,7,15H,4-6,8-11H2,1H3. The van der Waals surface area contributed by atoms with Crippen molar-refractivity contribution in [2.75, 3.05) is 32.4 Å². The predicted molar refractivity (Wildman–Crippen MR) is 79.2 cm³/mol. The summed E-state index contributed by atoms with van der Waals surface area (Å²) in [6.07, 6.45) is 5.21. The van der Waals surface area contributed by atoms with E-state index in [1.807, 2.05) is 23.2 Å². The molecule has 6 nitrogen and oxygen atoms in total. The summed E-state index contributed by atoms with van der Waals surface area (Å²) < 4.78 is 24.6. The highest BCUT2D eigenvalue weighted by atomic mass is 32.2. The molecule has 3 rings (SSSR count). The minimum absolute atomic E-state index is 0.00513. The largest absolute Gasteiger partial charge is 0.365 e. The summed E-state index contributed by atoms with van der Waals surface area (Å²) in [7, 11) is -3.10. The third kappa shape index (κ3) is 2.98. The van der Waals surface area contributed by atoms with Crippen LogP contribution in [0.4, 0.5) is 0 Å². The number of sulfonamides is 1. The Balaban J connectivity index is 1.48. The summed E-state index contributed by atoms with van der Waals surface area (Å²) >= 11 is 0. The Hall–Kier alpha value is -1.34. The van der Waals surface area contributed by atoms with Gasteiger partial charge in [-0.05, 0) is 25.0 Å². The lowest BCUT2D eigenvalue weighted by atomic mass is 9.79. The van der Waals surface area contributed by atoms with Crippen LogP contribution in [0.3, 0.4) is 0 Å². The minimum Gasteiger partial charge on any atom is -0.365 e. The van der Waals surface area contributed by atoms with Crippen molar-refractivity contribution in [3.8, 4) is 0 Å². The Kier molecular flexibility index (Phi) is 3.57. The van der Waals surface area contributed by atoms with Gasteiger partial charge in [0.05, 0.1) is 6.26 Å². The topological polar surface area (TPSA) is 73.5 Å². The molecule has 0 aromatic carbocycles. The SMILES string of the molecule is CS(=O)(=O)N1CCC2(CN(C(=O)CCc3ccc[nH]3)C2)C1. The molecule has 2 saturated heterocycles. The number of nitrogens with zero attached hydrogens (tertiary/aromatic N) is 2. The zero-order valence-corrected chi connectivity index (χ0v) is 13.0. The third-order valence-electron chi connectivity index (χ3n) is 4.55. The van der Waals surface area contributed by atoms with E-state index in [9.17, 15) is 13.2 Å². The average Bonchev–Trinajstić information content (AvgIpc) is 3.02. The van der Waals surface area contributed by atoms with Crippen LogP contribution in [0.1, 0.15) is 18.5 Å². The number of rotatable bonds is 4. The van der Waals surface area contributed by atoms with Crippen molar-refractivity contribution in [3.05, 3.63) is 24.0 Å². The second kappa shape index (κ2) is 5.14.